The first-order chi connectivity index (χ1) is 9.11. The summed E-state index contributed by atoms with van der Waals surface area (Å²) < 4.78 is 0. The Kier molecular flexibility index (Phi) is 3.31. The molecule has 0 saturated carbocycles. The Morgan fingerprint density at radius 3 is 2.74 bits per heavy atom. The SMILES string of the molecule is CN=C1N=c2cc(C)c(C)c3c2=C/C1=C(/C)SCS3. The lowest BCUT2D eigenvalue weighted by Gasteiger charge is -2.18. The zero-order chi connectivity index (χ0) is 13.6. The quantitative estimate of drug-likeness (QED) is 0.733. The molecule has 2 heterocycles. The van der Waals surface area contributed by atoms with Gasteiger partial charge in [0.15, 0.2) is 5.84 Å². The molecule has 2 aliphatic heterocycles. The monoisotopic (exact) mass is 288 g/mol. The average Bonchev–Trinajstić information content (AvgIpc) is 2.39. The highest BCUT2D eigenvalue weighted by molar-refractivity contribution is 8.17. The first-order valence-corrected chi connectivity index (χ1v) is 8.23. The van der Waals surface area contributed by atoms with Crippen molar-refractivity contribution in [3.63, 3.8) is 0 Å². The molecule has 0 spiro atoms. The minimum atomic E-state index is 0.860. The van der Waals surface area contributed by atoms with Crippen LogP contribution in [-0.4, -0.2) is 18.0 Å². The second kappa shape index (κ2) is 4.84. The summed E-state index contributed by atoms with van der Waals surface area (Å²) >= 11 is 3.81. The van der Waals surface area contributed by atoms with Gasteiger partial charge in [0.2, 0.25) is 0 Å². The van der Waals surface area contributed by atoms with Crippen LogP contribution in [-0.2, 0) is 0 Å². The molecule has 0 amide bonds. The fourth-order valence-electron chi connectivity index (χ4n) is 2.37. The Morgan fingerprint density at radius 1 is 1.21 bits per heavy atom. The van der Waals surface area contributed by atoms with Gasteiger partial charge < -0.3 is 0 Å². The van der Waals surface area contributed by atoms with Gasteiger partial charge in [-0.25, -0.2) is 4.99 Å². The van der Waals surface area contributed by atoms with E-state index in [4.69, 9.17) is 4.99 Å². The molecular weight excluding hydrogens is 272 g/mol. The number of hydrogen-bond donors (Lipinski definition) is 0. The van der Waals surface area contributed by atoms with Crippen LogP contribution in [0.2, 0.25) is 0 Å². The predicted molar refractivity (Wildman–Crippen MR) is 85.5 cm³/mol. The normalized spacial score (nSPS) is 23.5. The van der Waals surface area contributed by atoms with Gasteiger partial charge >= 0.3 is 0 Å². The summed E-state index contributed by atoms with van der Waals surface area (Å²) in [7, 11) is 1.82. The molecule has 0 radical (unpaired) electrons. The molecule has 0 N–H and O–H groups in total. The number of thioether (sulfide) groups is 2. The Labute approximate surface area is 121 Å². The molecule has 98 valence electrons. The molecule has 0 saturated heterocycles. The highest BCUT2D eigenvalue weighted by Crippen LogP contribution is 2.32. The molecule has 0 fully saturated rings. The van der Waals surface area contributed by atoms with Crippen molar-refractivity contribution in [2.75, 3.05) is 12.1 Å². The molecule has 3 rings (SSSR count). The third-order valence-corrected chi connectivity index (χ3v) is 6.04. The summed E-state index contributed by atoms with van der Waals surface area (Å²) in [4.78, 5) is 11.8. The maximum Gasteiger partial charge on any atom is 0.155 e. The molecule has 19 heavy (non-hydrogen) atoms. The van der Waals surface area contributed by atoms with E-state index in [-0.39, 0.29) is 0 Å². The van der Waals surface area contributed by atoms with E-state index in [9.17, 15) is 0 Å². The molecule has 1 aromatic rings. The van der Waals surface area contributed by atoms with Gasteiger partial charge in [-0.2, -0.15) is 0 Å². The van der Waals surface area contributed by atoms with E-state index in [0.717, 1.165) is 16.3 Å². The van der Waals surface area contributed by atoms with Crippen LogP contribution in [0.5, 0.6) is 0 Å². The van der Waals surface area contributed by atoms with E-state index < -0.39 is 0 Å². The number of hydrogen-bond acceptors (Lipinski definition) is 3. The van der Waals surface area contributed by atoms with Gasteiger partial charge in [-0.15, -0.1) is 23.5 Å². The number of benzene rings is 1. The van der Waals surface area contributed by atoms with Crippen LogP contribution in [0.4, 0.5) is 0 Å². The molecule has 0 unspecified atom stereocenters. The Bertz CT molecular complexity index is 742. The summed E-state index contributed by atoms with van der Waals surface area (Å²) in [6.07, 6.45) is 2.26. The fraction of sp³-hybridized carbons (Fsp3) is 0.333. The maximum absolute atomic E-state index is 4.75. The second-order valence-corrected chi connectivity index (χ2v) is 7.30. The maximum atomic E-state index is 4.75. The molecule has 2 bridgehead atoms. The van der Waals surface area contributed by atoms with Gasteiger partial charge in [0.05, 0.1) is 5.36 Å². The smallest absolute Gasteiger partial charge is 0.155 e. The van der Waals surface area contributed by atoms with Crippen molar-refractivity contribution in [3.05, 3.63) is 38.2 Å². The van der Waals surface area contributed by atoms with Crippen molar-refractivity contribution < 1.29 is 0 Å². The van der Waals surface area contributed by atoms with Crippen LogP contribution in [0.25, 0.3) is 6.08 Å². The topological polar surface area (TPSA) is 24.7 Å². The van der Waals surface area contributed by atoms with Crippen LogP contribution in [0.15, 0.2) is 31.4 Å². The molecule has 0 aromatic heterocycles. The Morgan fingerprint density at radius 2 is 2.00 bits per heavy atom. The third-order valence-electron chi connectivity index (χ3n) is 3.63. The summed E-state index contributed by atoms with van der Waals surface area (Å²) in [5.74, 6) is 0.860. The van der Waals surface area contributed by atoms with Gasteiger partial charge in [0, 0.05) is 27.8 Å². The summed E-state index contributed by atoms with van der Waals surface area (Å²) in [6, 6.07) is 2.18. The number of aryl methyl sites for hydroxylation is 1. The number of fused-ring (bicyclic) bond motifs is 1. The Hall–Kier alpha value is -1.000. The van der Waals surface area contributed by atoms with Crippen molar-refractivity contribution in [2.45, 2.75) is 25.7 Å². The van der Waals surface area contributed by atoms with E-state index in [2.05, 4.69) is 37.9 Å². The largest absolute Gasteiger partial charge is 0.270 e. The number of aliphatic imine (C=N–C) groups is 1. The van der Waals surface area contributed by atoms with Crippen molar-refractivity contribution >= 4 is 35.4 Å². The van der Waals surface area contributed by atoms with E-state index in [1.807, 2.05) is 30.6 Å². The predicted octanol–water partition coefficient (Wildman–Crippen LogP) is 2.82. The molecule has 2 aliphatic rings. The fourth-order valence-corrected chi connectivity index (χ4v) is 4.79. The van der Waals surface area contributed by atoms with Crippen LogP contribution in [0.1, 0.15) is 18.1 Å². The standard InChI is InChI=1S/C15H16N2S2/c1-8-5-13-12-6-11(15(16-4)17-13)10(3)18-7-19-14(12)9(8)2/h5-6H,7H2,1-4H3/b11-10+,16-15?. The first kappa shape index (κ1) is 13.0. The molecule has 4 heteroatoms. The minimum Gasteiger partial charge on any atom is -0.270 e. The van der Waals surface area contributed by atoms with E-state index in [0.29, 0.717) is 0 Å². The highest BCUT2D eigenvalue weighted by atomic mass is 32.2. The lowest BCUT2D eigenvalue weighted by molar-refractivity contribution is 1.13. The van der Waals surface area contributed by atoms with Gasteiger partial charge in [0.25, 0.3) is 0 Å². The lowest BCUT2D eigenvalue weighted by atomic mass is 10.0. The number of rotatable bonds is 0. The molecule has 1 aromatic carbocycles. The molecule has 0 aliphatic carbocycles. The second-order valence-electron chi connectivity index (χ2n) is 4.76. The van der Waals surface area contributed by atoms with Crippen molar-refractivity contribution in [1.82, 2.24) is 0 Å². The average molecular weight is 288 g/mol. The molecule has 0 atom stereocenters. The van der Waals surface area contributed by atoms with E-state index >= 15 is 0 Å². The zero-order valence-electron chi connectivity index (χ0n) is 11.6. The summed E-state index contributed by atoms with van der Waals surface area (Å²) in [5.41, 5.74) is 3.87. The molecular formula is C15H16N2S2. The van der Waals surface area contributed by atoms with Crippen molar-refractivity contribution in [2.24, 2.45) is 9.98 Å². The van der Waals surface area contributed by atoms with Crippen LogP contribution in [0.3, 0.4) is 0 Å². The van der Waals surface area contributed by atoms with Crippen LogP contribution < -0.4 is 10.6 Å². The van der Waals surface area contributed by atoms with Crippen LogP contribution in [0, 0.1) is 13.8 Å². The highest BCUT2D eigenvalue weighted by Gasteiger charge is 2.18. The van der Waals surface area contributed by atoms with E-state index in [1.165, 1.54) is 31.7 Å². The molecule has 2 nitrogen and oxygen atoms in total. The van der Waals surface area contributed by atoms with E-state index in [1.54, 1.807) is 0 Å². The van der Waals surface area contributed by atoms with Gasteiger partial charge in [-0.1, -0.05) is 0 Å². The van der Waals surface area contributed by atoms with Crippen molar-refractivity contribution in [3.8, 4) is 0 Å². The minimum absolute atomic E-state index is 0.860. The number of nitrogens with zero attached hydrogens (tertiary/aromatic N) is 2. The summed E-state index contributed by atoms with van der Waals surface area (Å²) in [5, 5.41) is 3.39. The third kappa shape index (κ3) is 2.07. The number of allylic oxidation sites excluding steroid dienone is 1. The van der Waals surface area contributed by atoms with Crippen molar-refractivity contribution in [1.29, 1.82) is 0 Å². The zero-order valence-corrected chi connectivity index (χ0v) is 13.2. The van der Waals surface area contributed by atoms with Gasteiger partial charge in [-0.3, -0.25) is 4.99 Å². The van der Waals surface area contributed by atoms with Gasteiger partial charge in [-0.05, 0) is 48.9 Å². The lowest BCUT2D eigenvalue weighted by Crippen LogP contribution is -2.34. The Balaban J connectivity index is 2.49. The summed E-state index contributed by atoms with van der Waals surface area (Å²) in [6.45, 7) is 6.53. The first-order valence-electron chi connectivity index (χ1n) is 6.26. The van der Waals surface area contributed by atoms with Gasteiger partial charge in [0.1, 0.15) is 0 Å². The van der Waals surface area contributed by atoms with Crippen LogP contribution >= 0.6 is 23.5 Å². The number of amidine groups is 1.